The Morgan fingerprint density at radius 3 is 3.06 bits per heavy atom. The number of ether oxygens (including phenoxy) is 1. The molecule has 1 unspecified atom stereocenters. The van der Waals surface area contributed by atoms with Crippen molar-refractivity contribution in [3.05, 3.63) is 36.1 Å². The molecule has 0 saturated carbocycles. The van der Waals surface area contributed by atoms with E-state index < -0.39 is 11.5 Å². The maximum Gasteiger partial charge on any atom is 0.339 e. The van der Waals surface area contributed by atoms with Crippen LogP contribution in [0, 0.1) is 0 Å². The van der Waals surface area contributed by atoms with Gasteiger partial charge in [-0.15, -0.1) is 0 Å². The van der Waals surface area contributed by atoms with Crippen molar-refractivity contribution in [3.63, 3.8) is 0 Å². The number of hydrogen-bond acceptors (Lipinski definition) is 3. The van der Waals surface area contributed by atoms with E-state index in [0.29, 0.717) is 17.6 Å². The summed E-state index contributed by atoms with van der Waals surface area (Å²) < 4.78 is 10.4. The van der Waals surface area contributed by atoms with Crippen LogP contribution < -0.4 is 0 Å². The lowest BCUT2D eigenvalue weighted by atomic mass is 10.2. The molecule has 1 heterocycles. The van der Waals surface area contributed by atoms with Crippen molar-refractivity contribution in [1.82, 2.24) is 0 Å². The largest absolute Gasteiger partial charge is 0.464 e. The van der Waals surface area contributed by atoms with Crippen LogP contribution in [-0.2, 0) is 4.74 Å². The highest BCUT2D eigenvalue weighted by Crippen LogP contribution is 2.19. The molecule has 2 rings (SSSR count). The number of rotatable bonds is 5. The molecule has 0 aliphatic rings. The topological polar surface area (TPSA) is 39.4 Å². The molecule has 3 nitrogen and oxygen atoms in total. The number of carbonyl (C=O) groups excluding carboxylic acids is 1. The molecular weight excluding hydrogens is 252 g/mol. The molecule has 18 heavy (non-hydrogen) atoms. The van der Waals surface area contributed by atoms with Crippen LogP contribution in [0.25, 0.3) is 11.0 Å². The van der Waals surface area contributed by atoms with Crippen LogP contribution in [0.4, 0.5) is 0 Å². The van der Waals surface area contributed by atoms with Gasteiger partial charge in [0.05, 0.1) is 11.8 Å². The summed E-state index contributed by atoms with van der Waals surface area (Å²) in [6, 6.07) is 7.05. The van der Waals surface area contributed by atoms with Crippen LogP contribution in [-0.4, -0.2) is 11.5 Å². The highest BCUT2D eigenvalue weighted by atomic mass is 35.5. The summed E-state index contributed by atoms with van der Waals surface area (Å²) in [5, 5.41) is 0.958. The molecule has 1 aromatic heterocycles. The van der Waals surface area contributed by atoms with Gasteiger partial charge in [0.1, 0.15) is 5.58 Å². The lowest BCUT2D eigenvalue weighted by Gasteiger charge is -2.10. The number of benzene rings is 1. The highest BCUT2D eigenvalue weighted by Gasteiger charge is 2.14. The molecule has 0 saturated heterocycles. The van der Waals surface area contributed by atoms with Gasteiger partial charge in [0, 0.05) is 5.39 Å². The van der Waals surface area contributed by atoms with Crippen LogP contribution in [0.15, 0.2) is 34.9 Å². The fourth-order valence-electron chi connectivity index (χ4n) is 1.69. The fraction of sp³-hybridized carbons (Fsp3) is 0.357. The number of fused-ring (bicyclic) bond motifs is 1. The average Bonchev–Trinajstić information content (AvgIpc) is 2.83. The van der Waals surface area contributed by atoms with Gasteiger partial charge in [-0.1, -0.05) is 31.0 Å². The summed E-state index contributed by atoms with van der Waals surface area (Å²) in [4.78, 5) is 11.8. The van der Waals surface area contributed by atoms with Crippen LogP contribution >= 0.6 is 11.6 Å². The second-order valence-electron chi connectivity index (χ2n) is 4.13. The summed E-state index contributed by atoms with van der Waals surface area (Å²) >= 11 is 5.93. The van der Waals surface area contributed by atoms with Crippen molar-refractivity contribution < 1.29 is 13.9 Å². The van der Waals surface area contributed by atoms with E-state index in [9.17, 15) is 4.79 Å². The molecule has 0 aliphatic heterocycles. The second kappa shape index (κ2) is 5.91. The molecule has 4 heteroatoms. The zero-order valence-electron chi connectivity index (χ0n) is 10.2. The Labute approximate surface area is 111 Å². The van der Waals surface area contributed by atoms with Gasteiger partial charge in [0.15, 0.2) is 5.56 Å². The van der Waals surface area contributed by atoms with Gasteiger partial charge in [0.25, 0.3) is 0 Å². The van der Waals surface area contributed by atoms with E-state index in [2.05, 4.69) is 6.92 Å². The zero-order valence-corrected chi connectivity index (χ0v) is 10.9. The zero-order chi connectivity index (χ0) is 13.0. The van der Waals surface area contributed by atoms with Gasteiger partial charge < -0.3 is 9.15 Å². The summed E-state index contributed by atoms with van der Waals surface area (Å²) in [5.41, 5.74) is 0.563. The predicted molar refractivity (Wildman–Crippen MR) is 70.8 cm³/mol. The third-order valence-electron chi connectivity index (χ3n) is 2.71. The van der Waals surface area contributed by atoms with Crippen LogP contribution in [0.5, 0.6) is 0 Å². The summed E-state index contributed by atoms with van der Waals surface area (Å²) in [7, 11) is 0. The van der Waals surface area contributed by atoms with E-state index in [1.54, 1.807) is 18.4 Å². The Bertz CT molecular complexity index is 533. The lowest BCUT2D eigenvalue weighted by Crippen LogP contribution is -2.12. The van der Waals surface area contributed by atoms with Crippen molar-refractivity contribution in [2.75, 3.05) is 0 Å². The van der Waals surface area contributed by atoms with Gasteiger partial charge >= 0.3 is 5.97 Å². The Balaban J connectivity index is 2.03. The van der Waals surface area contributed by atoms with Crippen LogP contribution in [0.3, 0.4) is 0 Å². The summed E-state index contributed by atoms with van der Waals surface area (Å²) in [6.45, 7) is 2.07. The van der Waals surface area contributed by atoms with Gasteiger partial charge in [-0.2, -0.15) is 0 Å². The molecule has 1 atom stereocenters. The fourth-order valence-corrected chi connectivity index (χ4v) is 1.92. The predicted octanol–water partition coefficient (Wildman–Crippen LogP) is 4.34. The van der Waals surface area contributed by atoms with E-state index in [1.807, 2.05) is 12.1 Å². The van der Waals surface area contributed by atoms with E-state index in [4.69, 9.17) is 20.8 Å². The van der Waals surface area contributed by atoms with Gasteiger partial charge in [-0.05, 0) is 31.0 Å². The number of furan rings is 1. The van der Waals surface area contributed by atoms with E-state index in [1.165, 1.54) is 0 Å². The van der Waals surface area contributed by atoms with Crippen molar-refractivity contribution >= 4 is 28.5 Å². The maximum atomic E-state index is 11.8. The number of unbranched alkanes of at least 4 members (excludes halogenated alkanes) is 1. The number of halogens is 1. The SMILES string of the molecule is CCCCC(Cl)OC(=O)c1ccc2ccoc2c1. The highest BCUT2D eigenvalue weighted by molar-refractivity contribution is 6.20. The first-order chi connectivity index (χ1) is 8.70. The summed E-state index contributed by atoms with van der Waals surface area (Å²) in [5.74, 6) is -0.413. The minimum Gasteiger partial charge on any atom is -0.464 e. The van der Waals surface area contributed by atoms with E-state index in [-0.39, 0.29) is 0 Å². The summed E-state index contributed by atoms with van der Waals surface area (Å²) in [6.07, 6.45) is 4.23. The van der Waals surface area contributed by atoms with Crippen LogP contribution in [0.1, 0.15) is 36.5 Å². The van der Waals surface area contributed by atoms with Crippen molar-refractivity contribution in [2.24, 2.45) is 0 Å². The quantitative estimate of drug-likeness (QED) is 0.597. The molecule has 0 spiro atoms. The standard InChI is InChI=1S/C14H15ClO3/c1-2-3-4-13(15)18-14(16)11-6-5-10-7-8-17-12(10)9-11/h5-9,13H,2-4H2,1H3. The first-order valence-corrected chi connectivity index (χ1v) is 6.46. The van der Waals surface area contributed by atoms with Crippen molar-refractivity contribution in [3.8, 4) is 0 Å². The number of carbonyl (C=O) groups is 1. The normalized spacial score (nSPS) is 12.6. The minimum absolute atomic E-state index is 0.413. The molecule has 96 valence electrons. The smallest absolute Gasteiger partial charge is 0.339 e. The number of esters is 1. The third kappa shape index (κ3) is 3.05. The minimum atomic E-state index is -0.565. The average molecular weight is 267 g/mol. The molecular formula is C14H15ClO3. The Hall–Kier alpha value is -1.48. The number of alkyl halides is 1. The first-order valence-electron chi connectivity index (χ1n) is 6.03. The molecule has 1 aromatic carbocycles. The Kier molecular flexibility index (Phi) is 4.26. The molecule has 0 fully saturated rings. The Morgan fingerprint density at radius 1 is 1.44 bits per heavy atom. The molecule has 2 aromatic rings. The molecule has 0 amide bonds. The van der Waals surface area contributed by atoms with E-state index >= 15 is 0 Å². The van der Waals surface area contributed by atoms with Crippen LogP contribution in [0.2, 0.25) is 0 Å². The molecule has 0 aliphatic carbocycles. The number of hydrogen-bond donors (Lipinski definition) is 0. The van der Waals surface area contributed by atoms with Gasteiger partial charge in [-0.25, -0.2) is 4.79 Å². The van der Waals surface area contributed by atoms with Gasteiger partial charge in [0.2, 0.25) is 0 Å². The monoisotopic (exact) mass is 266 g/mol. The van der Waals surface area contributed by atoms with Gasteiger partial charge in [-0.3, -0.25) is 0 Å². The molecule has 0 N–H and O–H groups in total. The molecule has 0 bridgehead atoms. The molecule has 0 radical (unpaired) electrons. The first kappa shape index (κ1) is 13.0. The lowest BCUT2D eigenvalue weighted by molar-refractivity contribution is 0.0434. The Morgan fingerprint density at radius 2 is 2.28 bits per heavy atom. The third-order valence-corrected chi connectivity index (χ3v) is 3.02. The van der Waals surface area contributed by atoms with E-state index in [0.717, 1.165) is 18.2 Å². The second-order valence-corrected chi connectivity index (χ2v) is 4.62. The van der Waals surface area contributed by atoms with Crippen molar-refractivity contribution in [1.29, 1.82) is 0 Å². The van der Waals surface area contributed by atoms with Crippen molar-refractivity contribution in [2.45, 2.75) is 31.7 Å². The maximum absolute atomic E-state index is 11.8.